The molecule has 2 aromatic rings. The van der Waals surface area contributed by atoms with E-state index >= 15 is 0 Å². The normalized spacial score (nSPS) is 10.2. The van der Waals surface area contributed by atoms with Crippen molar-refractivity contribution in [1.29, 1.82) is 0 Å². The Morgan fingerprint density at radius 1 is 1.29 bits per heavy atom. The van der Waals surface area contributed by atoms with Crippen molar-refractivity contribution in [3.05, 3.63) is 68.2 Å². The van der Waals surface area contributed by atoms with Gasteiger partial charge in [-0.05, 0) is 40.0 Å². The summed E-state index contributed by atoms with van der Waals surface area (Å²) in [5, 5.41) is 13.6. The summed E-state index contributed by atoms with van der Waals surface area (Å²) in [5.74, 6) is -0.383. The van der Waals surface area contributed by atoms with Gasteiger partial charge in [-0.1, -0.05) is 25.1 Å². The number of hydrogen-bond acceptors (Lipinski definition) is 3. The third-order valence-electron chi connectivity index (χ3n) is 3.05. The number of nitro groups is 1. The Labute approximate surface area is 130 Å². The molecule has 0 bridgehead atoms. The molecule has 0 unspecified atom stereocenters. The smallest absolute Gasteiger partial charge is 0.270 e. The van der Waals surface area contributed by atoms with Crippen molar-refractivity contribution >= 4 is 33.2 Å². The van der Waals surface area contributed by atoms with Gasteiger partial charge in [-0.15, -0.1) is 0 Å². The number of nitro benzene ring substituents is 1. The fourth-order valence-corrected chi connectivity index (χ4v) is 2.37. The zero-order chi connectivity index (χ0) is 15.4. The number of halogens is 1. The Morgan fingerprint density at radius 2 is 2.00 bits per heavy atom. The van der Waals surface area contributed by atoms with Crippen LogP contribution in [0.1, 0.15) is 22.8 Å². The van der Waals surface area contributed by atoms with Crippen molar-refractivity contribution in [2.45, 2.75) is 13.3 Å². The average Bonchev–Trinajstić information content (AvgIpc) is 2.47. The fraction of sp³-hybridized carbons (Fsp3) is 0.133. The fourth-order valence-electron chi connectivity index (χ4n) is 1.94. The van der Waals surface area contributed by atoms with Crippen molar-refractivity contribution < 1.29 is 9.72 Å². The third kappa shape index (κ3) is 3.46. The molecule has 1 amide bonds. The van der Waals surface area contributed by atoms with Crippen LogP contribution in [-0.2, 0) is 6.42 Å². The molecular weight excluding hydrogens is 336 g/mol. The number of anilines is 1. The Morgan fingerprint density at radius 3 is 2.67 bits per heavy atom. The number of carbonyl (C=O) groups is 1. The molecule has 6 heteroatoms. The first-order valence-electron chi connectivity index (χ1n) is 6.36. The number of para-hydroxylation sites is 1. The molecule has 0 aromatic heterocycles. The minimum absolute atomic E-state index is 0.118. The van der Waals surface area contributed by atoms with Crippen LogP contribution in [0.2, 0.25) is 0 Å². The Balaban J connectivity index is 2.32. The third-order valence-corrected chi connectivity index (χ3v) is 3.74. The first-order chi connectivity index (χ1) is 10.0. The first kappa shape index (κ1) is 15.2. The van der Waals surface area contributed by atoms with Gasteiger partial charge in [-0.3, -0.25) is 14.9 Å². The molecule has 0 radical (unpaired) electrons. The lowest BCUT2D eigenvalue weighted by Crippen LogP contribution is -2.14. The zero-order valence-corrected chi connectivity index (χ0v) is 12.9. The predicted octanol–water partition coefficient (Wildman–Crippen LogP) is 4.17. The lowest BCUT2D eigenvalue weighted by atomic mass is 10.1. The summed E-state index contributed by atoms with van der Waals surface area (Å²) in [7, 11) is 0. The number of amides is 1. The summed E-state index contributed by atoms with van der Waals surface area (Å²) in [6, 6.07) is 11.6. The van der Waals surface area contributed by atoms with E-state index in [0.717, 1.165) is 12.0 Å². The van der Waals surface area contributed by atoms with Gasteiger partial charge in [0, 0.05) is 22.3 Å². The van der Waals surface area contributed by atoms with Crippen molar-refractivity contribution in [3.63, 3.8) is 0 Å². The molecule has 2 rings (SSSR count). The molecule has 5 nitrogen and oxygen atoms in total. The van der Waals surface area contributed by atoms with Crippen LogP contribution in [0, 0.1) is 10.1 Å². The lowest BCUT2D eigenvalue weighted by molar-refractivity contribution is -0.384. The number of rotatable bonds is 4. The van der Waals surface area contributed by atoms with E-state index < -0.39 is 4.92 Å². The molecule has 0 heterocycles. The summed E-state index contributed by atoms with van der Waals surface area (Å²) in [6.45, 7) is 1.99. The van der Waals surface area contributed by atoms with Gasteiger partial charge < -0.3 is 5.32 Å². The van der Waals surface area contributed by atoms with Crippen LogP contribution >= 0.6 is 15.9 Å². The summed E-state index contributed by atoms with van der Waals surface area (Å²) in [4.78, 5) is 22.6. The topological polar surface area (TPSA) is 72.2 Å². The average molecular weight is 349 g/mol. The largest absolute Gasteiger partial charge is 0.322 e. The van der Waals surface area contributed by atoms with E-state index in [2.05, 4.69) is 21.2 Å². The Hall–Kier alpha value is -2.21. The predicted molar refractivity (Wildman–Crippen MR) is 84.6 cm³/mol. The molecule has 0 fully saturated rings. The highest BCUT2D eigenvalue weighted by molar-refractivity contribution is 9.10. The second-order valence-corrected chi connectivity index (χ2v) is 5.24. The van der Waals surface area contributed by atoms with Crippen LogP contribution in [-0.4, -0.2) is 10.8 Å². The van der Waals surface area contributed by atoms with Crippen molar-refractivity contribution in [2.24, 2.45) is 0 Å². The van der Waals surface area contributed by atoms with E-state index in [1.807, 2.05) is 31.2 Å². The van der Waals surface area contributed by atoms with E-state index in [0.29, 0.717) is 10.2 Å². The Bertz CT molecular complexity index is 701. The molecular formula is C15H13BrN2O3. The van der Waals surface area contributed by atoms with Gasteiger partial charge in [0.25, 0.3) is 11.6 Å². The highest BCUT2D eigenvalue weighted by Crippen LogP contribution is 2.24. The van der Waals surface area contributed by atoms with Gasteiger partial charge in [0.2, 0.25) is 0 Å². The van der Waals surface area contributed by atoms with E-state index in [1.165, 1.54) is 18.2 Å². The SMILES string of the molecule is CCc1ccccc1NC(=O)c1cc([N+](=O)[O-])ccc1Br. The van der Waals surface area contributed by atoms with Crippen molar-refractivity contribution in [1.82, 2.24) is 0 Å². The minimum atomic E-state index is -0.525. The number of non-ortho nitro benzene ring substituents is 1. The zero-order valence-electron chi connectivity index (χ0n) is 11.3. The molecule has 21 heavy (non-hydrogen) atoms. The summed E-state index contributed by atoms with van der Waals surface area (Å²) >= 11 is 3.25. The summed E-state index contributed by atoms with van der Waals surface area (Å²) in [6.07, 6.45) is 0.784. The molecule has 2 aromatic carbocycles. The second kappa shape index (κ2) is 6.49. The van der Waals surface area contributed by atoms with Crippen LogP contribution in [0.15, 0.2) is 46.9 Å². The standard InChI is InChI=1S/C15H13BrN2O3/c1-2-10-5-3-4-6-14(10)17-15(19)12-9-11(18(20)21)7-8-13(12)16/h3-9H,2H2,1H3,(H,17,19). The van der Waals surface area contributed by atoms with E-state index in [-0.39, 0.29) is 17.2 Å². The number of benzene rings is 2. The van der Waals surface area contributed by atoms with Crippen molar-refractivity contribution in [3.8, 4) is 0 Å². The molecule has 0 aliphatic heterocycles. The monoisotopic (exact) mass is 348 g/mol. The van der Waals surface area contributed by atoms with Gasteiger partial charge in [-0.2, -0.15) is 0 Å². The molecule has 0 aliphatic rings. The van der Waals surface area contributed by atoms with Crippen molar-refractivity contribution in [2.75, 3.05) is 5.32 Å². The lowest BCUT2D eigenvalue weighted by Gasteiger charge is -2.10. The summed E-state index contributed by atoms with van der Waals surface area (Å²) < 4.78 is 0.513. The maximum absolute atomic E-state index is 12.3. The van der Waals surface area contributed by atoms with Crippen LogP contribution < -0.4 is 5.32 Å². The molecule has 1 N–H and O–H groups in total. The minimum Gasteiger partial charge on any atom is -0.322 e. The second-order valence-electron chi connectivity index (χ2n) is 4.39. The molecule has 0 saturated heterocycles. The maximum atomic E-state index is 12.3. The number of hydrogen-bond donors (Lipinski definition) is 1. The van der Waals surface area contributed by atoms with Crippen LogP contribution in [0.4, 0.5) is 11.4 Å². The molecule has 0 saturated carbocycles. The maximum Gasteiger partial charge on any atom is 0.270 e. The van der Waals surface area contributed by atoms with Crippen LogP contribution in [0.3, 0.4) is 0 Å². The number of aryl methyl sites for hydroxylation is 1. The van der Waals surface area contributed by atoms with E-state index in [9.17, 15) is 14.9 Å². The summed E-state index contributed by atoms with van der Waals surface area (Å²) in [5.41, 5.74) is 1.83. The van der Waals surface area contributed by atoms with E-state index in [4.69, 9.17) is 0 Å². The first-order valence-corrected chi connectivity index (χ1v) is 7.15. The van der Waals surface area contributed by atoms with Gasteiger partial charge in [0.1, 0.15) is 0 Å². The highest BCUT2D eigenvalue weighted by atomic mass is 79.9. The van der Waals surface area contributed by atoms with Gasteiger partial charge in [0.15, 0.2) is 0 Å². The molecule has 0 spiro atoms. The Kier molecular flexibility index (Phi) is 4.70. The highest BCUT2D eigenvalue weighted by Gasteiger charge is 2.16. The number of carbonyl (C=O) groups excluding carboxylic acids is 1. The molecule has 0 aliphatic carbocycles. The van der Waals surface area contributed by atoms with Gasteiger partial charge in [0.05, 0.1) is 10.5 Å². The van der Waals surface area contributed by atoms with Crippen LogP contribution in [0.25, 0.3) is 0 Å². The van der Waals surface area contributed by atoms with Crippen LogP contribution in [0.5, 0.6) is 0 Å². The molecule has 0 atom stereocenters. The van der Waals surface area contributed by atoms with E-state index in [1.54, 1.807) is 0 Å². The van der Waals surface area contributed by atoms with Gasteiger partial charge >= 0.3 is 0 Å². The number of nitrogens with one attached hydrogen (secondary N) is 1. The number of nitrogens with zero attached hydrogens (tertiary/aromatic N) is 1. The quantitative estimate of drug-likeness (QED) is 0.665. The van der Waals surface area contributed by atoms with Gasteiger partial charge in [-0.25, -0.2) is 0 Å². The molecule has 108 valence electrons.